The molecule has 0 spiro atoms. The van der Waals surface area contributed by atoms with Crippen molar-refractivity contribution in [1.82, 2.24) is 23.9 Å². The Kier molecular flexibility index (Phi) is 4.44. The highest BCUT2D eigenvalue weighted by Crippen LogP contribution is 2.20. The number of aromatic nitrogens is 4. The van der Waals surface area contributed by atoms with Crippen LogP contribution in [-0.2, 0) is 13.0 Å². The molecule has 0 unspecified atom stereocenters. The molecule has 7 heteroatoms. The first-order valence-corrected chi connectivity index (χ1v) is 9.32. The van der Waals surface area contributed by atoms with Gasteiger partial charge in [0, 0.05) is 62.4 Å². The van der Waals surface area contributed by atoms with E-state index in [-0.39, 0.29) is 0 Å². The molecule has 3 aromatic heterocycles. The van der Waals surface area contributed by atoms with Crippen LogP contribution in [0.2, 0.25) is 0 Å². The largest absolute Gasteiger partial charge is 0.346 e. The smallest absolute Gasteiger partial charge is 0.205 e. The highest BCUT2D eigenvalue weighted by Gasteiger charge is 2.19. The maximum atomic E-state index is 4.64. The summed E-state index contributed by atoms with van der Waals surface area (Å²) in [4.78, 5) is 9.54. The molecule has 126 valence electrons. The van der Waals surface area contributed by atoms with Crippen LogP contribution in [0.4, 0.5) is 5.13 Å². The van der Waals surface area contributed by atoms with Gasteiger partial charge < -0.3 is 4.90 Å². The summed E-state index contributed by atoms with van der Waals surface area (Å²) >= 11 is 1.53. The summed E-state index contributed by atoms with van der Waals surface area (Å²) < 4.78 is 6.37. The maximum Gasteiger partial charge on any atom is 0.205 e. The van der Waals surface area contributed by atoms with Crippen molar-refractivity contribution in [3.63, 3.8) is 0 Å². The van der Waals surface area contributed by atoms with E-state index in [9.17, 15) is 0 Å². The first-order valence-electron chi connectivity index (χ1n) is 8.54. The standard InChI is InChI=1S/C17H22N6S/c1-2-16-19-17(24-20-16)22-8-5-7-21(10-11-22)13-14-12-18-23-9-4-3-6-15(14)23/h3-4,6,9,12H,2,5,7-8,10-11,13H2,1H3. The van der Waals surface area contributed by atoms with Crippen molar-refractivity contribution in [2.75, 3.05) is 31.1 Å². The Morgan fingerprint density at radius 2 is 2.12 bits per heavy atom. The number of hydrogen-bond donors (Lipinski definition) is 0. The summed E-state index contributed by atoms with van der Waals surface area (Å²) in [5.41, 5.74) is 2.50. The molecule has 1 aliphatic rings. The second kappa shape index (κ2) is 6.86. The molecule has 24 heavy (non-hydrogen) atoms. The van der Waals surface area contributed by atoms with E-state index in [0.29, 0.717) is 0 Å². The molecule has 6 nitrogen and oxygen atoms in total. The van der Waals surface area contributed by atoms with Crippen molar-refractivity contribution in [2.45, 2.75) is 26.3 Å². The van der Waals surface area contributed by atoms with E-state index in [4.69, 9.17) is 0 Å². The van der Waals surface area contributed by atoms with Gasteiger partial charge >= 0.3 is 0 Å². The highest BCUT2D eigenvalue weighted by molar-refractivity contribution is 7.09. The number of fused-ring (bicyclic) bond motifs is 1. The molecule has 0 N–H and O–H groups in total. The molecule has 0 atom stereocenters. The van der Waals surface area contributed by atoms with E-state index in [1.54, 1.807) is 0 Å². The summed E-state index contributed by atoms with van der Waals surface area (Å²) in [5.74, 6) is 0.961. The third-order valence-corrected chi connectivity index (χ3v) is 5.35. The van der Waals surface area contributed by atoms with E-state index in [2.05, 4.69) is 43.3 Å². The average molecular weight is 342 g/mol. The third-order valence-electron chi connectivity index (χ3n) is 4.53. The predicted molar refractivity (Wildman–Crippen MR) is 96.6 cm³/mol. The van der Waals surface area contributed by atoms with Crippen molar-refractivity contribution in [1.29, 1.82) is 0 Å². The second-order valence-electron chi connectivity index (χ2n) is 6.16. The Morgan fingerprint density at radius 1 is 1.17 bits per heavy atom. The summed E-state index contributed by atoms with van der Waals surface area (Å²) in [5, 5.41) is 5.52. The number of aryl methyl sites for hydroxylation is 1. The molecule has 0 bridgehead atoms. The van der Waals surface area contributed by atoms with E-state index in [0.717, 1.165) is 56.5 Å². The molecule has 3 aromatic rings. The van der Waals surface area contributed by atoms with Gasteiger partial charge in [0.2, 0.25) is 5.13 Å². The quantitative estimate of drug-likeness (QED) is 0.729. The number of pyridine rings is 1. The zero-order valence-electron chi connectivity index (χ0n) is 13.9. The monoisotopic (exact) mass is 342 g/mol. The van der Waals surface area contributed by atoms with Crippen LogP contribution in [0.15, 0.2) is 30.6 Å². The van der Waals surface area contributed by atoms with Crippen molar-refractivity contribution in [3.05, 3.63) is 42.0 Å². The number of hydrogen-bond acceptors (Lipinski definition) is 6. The lowest BCUT2D eigenvalue weighted by Gasteiger charge is -2.20. The minimum Gasteiger partial charge on any atom is -0.346 e. The van der Waals surface area contributed by atoms with Crippen molar-refractivity contribution >= 4 is 22.2 Å². The lowest BCUT2D eigenvalue weighted by atomic mass is 10.2. The fourth-order valence-electron chi connectivity index (χ4n) is 3.19. The van der Waals surface area contributed by atoms with Gasteiger partial charge in [-0.25, -0.2) is 9.50 Å². The highest BCUT2D eigenvalue weighted by atomic mass is 32.1. The average Bonchev–Trinajstić information content (AvgIpc) is 3.18. The van der Waals surface area contributed by atoms with Crippen LogP contribution in [0, 0.1) is 0 Å². The van der Waals surface area contributed by atoms with Crippen LogP contribution in [0.3, 0.4) is 0 Å². The molecule has 0 amide bonds. The zero-order chi connectivity index (χ0) is 16.4. The Bertz CT molecular complexity index is 810. The molecule has 0 radical (unpaired) electrons. The van der Waals surface area contributed by atoms with Gasteiger partial charge in [-0.05, 0) is 18.6 Å². The van der Waals surface area contributed by atoms with Crippen LogP contribution in [0.25, 0.3) is 5.52 Å². The summed E-state index contributed by atoms with van der Waals surface area (Å²) in [6, 6.07) is 6.23. The Hall–Kier alpha value is -1.99. The van der Waals surface area contributed by atoms with Gasteiger partial charge in [0.15, 0.2) is 0 Å². The minimum absolute atomic E-state index is 0.908. The van der Waals surface area contributed by atoms with Crippen LogP contribution >= 0.6 is 11.5 Å². The predicted octanol–water partition coefficient (Wildman–Crippen LogP) is 2.46. The Balaban J connectivity index is 1.43. The third kappa shape index (κ3) is 3.14. The summed E-state index contributed by atoms with van der Waals surface area (Å²) in [7, 11) is 0. The van der Waals surface area contributed by atoms with Crippen molar-refractivity contribution in [3.8, 4) is 0 Å². The lowest BCUT2D eigenvalue weighted by molar-refractivity contribution is 0.286. The number of nitrogens with zero attached hydrogens (tertiary/aromatic N) is 6. The Morgan fingerprint density at radius 3 is 3.00 bits per heavy atom. The van der Waals surface area contributed by atoms with Crippen LogP contribution < -0.4 is 4.90 Å². The van der Waals surface area contributed by atoms with Gasteiger partial charge in [-0.1, -0.05) is 13.0 Å². The normalized spacial score (nSPS) is 16.6. The molecule has 1 aliphatic heterocycles. The van der Waals surface area contributed by atoms with Gasteiger partial charge in [0.1, 0.15) is 5.82 Å². The fourth-order valence-corrected chi connectivity index (χ4v) is 3.99. The maximum absolute atomic E-state index is 4.64. The molecule has 0 aromatic carbocycles. The second-order valence-corrected chi connectivity index (χ2v) is 6.89. The van der Waals surface area contributed by atoms with Gasteiger partial charge in [-0.15, -0.1) is 0 Å². The first-order chi connectivity index (χ1) is 11.8. The van der Waals surface area contributed by atoms with Gasteiger partial charge in [0.25, 0.3) is 0 Å². The van der Waals surface area contributed by atoms with Gasteiger partial charge in [-0.3, -0.25) is 4.90 Å². The van der Waals surface area contributed by atoms with Crippen LogP contribution in [-0.4, -0.2) is 50.1 Å². The van der Waals surface area contributed by atoms with Gasteiger partial charge in [-0.2, -0.15) is 9.47 Å². The molecule has 4 rings (SSSR count). The molecule has 0 aliphatic carbocycles. The van der Waals surface area contributed by atoms with Crippen LogP contribution in [0.1, 0.15) is 24.7 Å². The van der Waals surface area contributed by atoms with Gasteiger partial charge in [0.05, 0.1) is 11.7 Å². The van der Waals surface area contributed by atoms with Crippen molar-refractivity contribution < 1.29 is 0 Å². The molecular weight excluding hydrogens is 320 g/mol. The molecule has 1 fully saturated rings. The first kappa shape index (κ1) is 15.5. The number of rotatable bonds is 4. The van der Waals surface area contributed by atoms with E-state index in [1.807, 2.05) is 23.0 Å². The summed E-state index contributed by atoms with van der Waals surface area (Å²) in [6.07, 6.45) is 6.06. The summed E-state index contributed by atoms with van der Waals surface area (Å²) in [6.45, 7) is 7.29. The molecule has 1 saturated heterocycles. The fraction of sp³-hybridized carbons (Fsp3) is 0.471. The topological polar surface area (TPSA) is 49.6 Å². The Labute approximate surface area is 145 Å². The van der Waals surface area contributed by atoms with E-state index in [1.165, 1.54) is 22.6 Å². The van der Waals surface area contributed by atoms with Crippen LogP contribution in [0.5, 0.6) is 0 Å². The number of anilines is 1. The zero-order valence-corrected chi connectivity index (χ0v) is 14.7. The van der Waals surface area contributed by atoms with Crippen molar-refractivity contribution in [2.24, 2.45) is 0 Å². The van der Waals surface area contributed by atoms with E-state index >= 15 is 0 Å². The molecule has 0 saturated carbocycles. The SMILES string of the molecule is CCc1nsc(N2CCCN(Cc3cnn4ccccc34)CC2)n1. The molecule has 4 heterocycles. The minimum atomic E-state index is 0.908. The molecular formula is C17H22N6S. The lowest BCUT2D eigenvalue weighted by Crippen LogP contribution is -2.30. The van der Waals surface area contributed by atoms with E-state index < -0.39 is 0 Å².